The van der Waals surface area contributed by atoms with Crippen LogP contribution in [-0.4, -0.2) is 74.5 Å². The van der Waals surface area contributed by atoms with Crippen molar-refractivity contribution in [2.75, 3.05) is 46.9 Å². The molecule has 0 radical (unpaired) electrons. The highest BCUT2D eigenvalue weighted by Crippen LogP contribution is 2.23. The minimum atomic E-state index is -0.276. The summed E-state index contributed by atoms with van der Waals surface area (Å²) in [5.41, 5.74) is 3.14. The normalized spacial score (nSPS) is 13.5. The Morgan fingerprint density at radius 2 is 1.41 bits per heavy atom. The van der Waals surface area contributed by atoms with Gasteiger partial charge >= 0.3 is 0 Å². The molecule has 32 heavy (non-hydrogen) atoms. The lowest BCUT2D eigenvalue weighted by molar-refractivity contribution is -0.131. The summed E-state index contributed by atoms with van der Waals surface area (Å²) < 4.78 is 10.5. The van der Waals surface area contributed by atoms with Gasteiger partial charge in [-0.3, -0.25) is 14.4 Å². The van der Waals surface area contributed by atoms with E-state index in [0.29, 0.717) is 48.8 Å². The smallest absolute Gasteiger partial charge is 0.254 e. The monoisotopic (exact) mass is 439 g/mol. The SMILES string of the molecule is COc1cc(OC)cc(C(=O)N2CCN(C(=O)CNC(=O)c3ccc(C)c(C)c3)CC2)c1. The van der Waals surface area contributed by atoms with Gasteiger partial charge in [0.1, 0.15) is 11.5 Å². The second kappa shape index (κ2) is 10.2. The lowest BCUT2D eigenvalue weighted by Gasteiger charge is -2.35. The molecule has 8 nitrogen and oxygen atoms in total. The van der Waals surface area contributed by atoms with Gasteiger partial charge < -0.3 is 24.6 Å². The van der Waals surface area contributed by atoms with Crippen LogP contribution in [0.5, 0.6) is 11.5 Å². The molecule has 8 heteroatoms. The highest BCUT2D eigenvalue weighted by atomic mass is 16.5. The van der Waals surface area contributed by atoms with Crippen LogP contribution in [0.15, 0.2) is 36.4 Å². The third-order valence-corrected chi connectivity index (χ3v) is 5.69. The summed E-state index contributed by atoms with van der Waals surface area (Å²) in [6.45, 7) is 5.49. The van der Waals surface area contributed by atoms with Gasteiger partial charge in [-0.05, 0) is 49.2 Å². The van der Waals surface area contributed by atoms with E-state index in [4.69, 9.17) is 9.47 Å². The summed E-state index contributed by atoms with van der Waals surface area (Å²) in [6, 6.07) is 10.5. The Morgan fingerprint density at radius 3 is 1.97 bits per heavy atom. The Hall–Kier alpha value is -3.55. The number of ether oxygens (including phenoxy) is 2. The summed E-state index contributed by atoms with van der Waals surface area (Å²) in [4.78, 5) is 41.1. The number of piperazine rings is 1. The number of hydrogen-bond donors (Lipinski definition) is 1. The van der Waals surface area contributed by atoms with Crippen molar-refractivity contribution in [1.29, 1.82) is 0 Å². The minimum absolute atomic E-state index is 0.0766. The molecule has 0 saturated carbocycles. The van der Waals surface area contributed by atoms with Crippen LogP contribution in [0.2, 0.25) is 0 Å². The molecule has 0 bridgehead atoms. The topological polar surface area (TPSA) is 88.2 Å². The Bertz CT molecular complexity index is 990. The number of benzene rings is 2. The van der Waals surface area contributed by atoms with Gasteiger partial charge in [0.15, 0.2) is 0 Å². The first-order chi connectivity index (χ1) is 15.3. The maximum atomic E-state index is 12.9. The molecule has 2 aromatic rings. The Kier molecular flexibility index (Phi) is 7.35. The number of nitrogens with one attached hydrogen (secondary N) is 1. The first-order valence-electron chi connectivity index (χ1n) is 10.5. The lowest BCUT2D eigenvalue weighted by atomic mass is 10.1. The first-order valence-corrected chi connectivity index (χ1v) is 10.5. The molecule has 0 unspecified atom stereocenters. The maximum Gasteiger partial charge on any atom is 0.254 e. The first kappa shape index (κ1) is 23.1. The van der Waals surface area contributed by atoms with E-state index in [-0.39, 0.29) is 24.3 Å². The fourth-order valence-electron chi connectivity index (χ4n) is 3.52. The van der Waals surface area contributed by atoms with Crippen molar-refractivity contribution in [2.45, 2.75) is 13.8 Å². The second-order valence-electron chi connectivity index (χ2n) is 7.76. The van der Waals surface area contributed by atoms with Gasteiger partial charge in [0.2, 0.25) is 5.91 Å². The summed E-state index contributed by atoms with van der Waals surface area (Å²) in [5, 5.41) is 2.69. The molecule has 1 heterocycles. The Labute approximate surface area is 188 Å². The van der Waals surface area contributed by atoms with Gasteiger partial charge in [0.05, 0.1) is 20.8 Å². The highest BCUT2D eigenvalue weighted by Gasteiger charge is 2.25. The molecule has 2 aromatic carbocycles. The van der Waals surface area contributed by atoms with E-state index in [2.05, 4.69) is 5.32 Å². The van der Waals surface area contributed by atoms with Gasteiger partial charge in [-0.15, -0.1) is 0 Å². The quantitative estimate of drug-likeness (QED) is 0.744. The molecular formula is C24H29N3O5. The van der Waals surface area contributed by atoms with E-state index in [1.54, 1.807) is 34.1 Å². The van der Waals surface area contributed by atoms with Crippen LogP contribution in [0.25, 0.3) is 0 Å². The maximum absolute atomic E-state index is 12.9. The minimum Gasteiger partial charge on any atom is -0.497 e. The van der Waals surface area contributed by atoms with E-state index >= 15 is 0 Å². The molecule has 0 aromatic heterocycles. The fraction of sp³-hybridized carbons (Fsp3) is 0.375. The third-order valence-electron chi connectivity index (χ3n) is 5.69. The average Bonchev–Trinajstić information content (AvgIpc) is 2.83. The number of carbonyl (C=O) groups excluding carboxylic acids is 3. The molecule has 3 amide bonds. The number of methoxy groups -OCH3 is 2. The standard InChI is InChI=1S/C24H29N3O5/c1-16-5-6-18(11-17(16)2)23(29)25-15-22(28)26-7-9-27(10-8-26)24(30)19-12-20(31-3)14-21(13-19)32-4/h5-6,11-14H,7-10,15H2,1-4H3,(H,25,29). The van der Waals surface area contributed by atoms with Gasteiger partial charge in [0, 0.05) is 43.4 Å². The van der Waals surface area contributed by atoms with Crippen LogP contribution >= 0.6 is 0 Å². The van der Waals surface area contributed by atoms with Crippen molar-refractivity contribution in [1.82, 2.24) is 15.1 Å². The van der Waals surface area contributed by atoms with Gasteiger partial charge in [-0.2, -0.15) is 0 Å². The van der Waals surface area contributed by atoms with Crippen molar-refractivity contribution in [3.05, 3.63) is 58.7 Å². The average molecular weight is 440 g/mol. The van der Waals surface area contributed by atoms with Crippen LogP contribution in [0.1, 0.15) is 31.8 Å². The van der Waals surface area contributed by atoms with Gasteiger partial charge in [-0.1, -0.05) is 6.07 Å². The summed E-state index contributed by atoms with van der Waals surface area (Å²) in [5.74, 6) is 0.499. The second-order valence-corrected chi connectivity index (χ2v) is 7.76. The Balaban J connectivity index is 1.52. The fourth-order valence-corrected chi connectivity index (χ4v) is 3.52. The number of nitrogens with zero attached hydrogens (tertiary/aromatic N) is 2. The molecule has 0 atom stereocenters. The van der Waals surface area contributed by atoms with Gasteiger partial charge in [-0.25, -0.2) is 0 Å². The molecule has 3 rings (SSSR count). The highest BCUT2D eigenvalue weighted by molar-refractivity contribution is 5.97. The molecule has 1 fully saturated rings. The summed E-state index contributed by atoms with van der Waals surface area (Å²) in [6.07, 6.45) is 0. The molecule has 0 aliphatic carbocycles. The molecule has 0 spiro atoms. The molecular weight excluding hydrogens is 410 g/mol. The predicted molar refractivity (Wildman–Crippen MR) is 120 cm³/mol. The largest absolute Gasteiger partial charge is 0.497 e. The molecule has 1 aliphatic heterocycles. The summed E-state index contributed by atoms with van der Waals surface area (Å²) >= 11 is 0. The zero-order chi connectivity index (χ0) is 23.3. The van der Waals surface area contributed by atoms with Crippen molar-refractivity contribution < 1.29 is 23.9 Å². The number of hydrogen-bond acceptors (Lipinski definition) is 5. The molecule has 170 valence electrons. The van der Waals surface area contributed by atoms with Gasteiger partial charge in [0.25, 0.3) is 11.8 Å². The van der Waals surface area contributed by atoms with Crippen LogP contribution in [0, 0.1) is 13.8 Å². The van der Waals surface area contributed by atoms with Crippen molar-refractivity contribution >= 4 is 17.7 Å². The van der Waals surface area contributed by atoms with E-state index in [9.17, 15) is 14.4 Å². The van der Waals surface area contributed by atoms with Crippen molar-refractivity contribution in [2.24, 2.45) is 0 Å². The zero-order valence-corrected chi connectivity index (χ0v) is 18.9. The van der Waals surface area contributed by atoms with Crippen LogP contribution in [0.3, 0.4) is 0 Å². The Morgan fingerprint density at radius 1 is 0.812 bits per heavy atom. The van der Waals surface area contributed by atoms with E-state index in [1.807, 2.05) is 26.0 Å². The number of aryl methyl sites for hydroxylation is 2. The van der Waals surface area contributed by atoms with E-state index < -0.39 is 0 Å². The van der Waals surface area contributed by atoms with E-state index in [1.165, 1.54) is 14.2 Å². The number of carbonyl (C=O) groups is 3. The molecule has 1 aliphatic rings. The number of rotatable bonds is 6. The zero-order valence-electron chi connectivity index (χ0n) is 18.9. The third kappa shape index (κ3) is 5.38. The van der Waals surface area contributed by atoms with Crippen LogP contribution in [-0.2, 0) is 4.79 Å². The van der Waals surface area contributed by atoms with Crippen molar-refractivity contribution in [3.8, 4) is 11.5 Å². The van der Waals surface area contributed by atoms with Crippen LogP contribution < -0.4 is 14.8 Å². The number of amides is 3. The summed E-state index contributed by atoms with van der Waals surface area (Å²) in [7, 11) is 3.07. The molecule has 1 saturated heterocycles. The molecule has 1 N–H and O–H groups in total. The predicted octanol–water partition coefficient (Wildman–Crippen LogP) is 2.04. The van der Waals surface area contributed by atoms with Crippen LogP contribution in [0.4, 0.5) is 0 Å². The van der Waals surface area contributed by atoms with E-state index in [0.717, 1.165) is 11.1 Å². The van der Waals surface area contributed by atoms with Crippen molar-refractivity contribution in [3.63, 3.8) is 0 Å². The lowest BCUT2D eigenvalue weighted by Crippen LogP contribution is -2.52.